The average Bonchev–Trinajstić information content (AvgIpc) is 2.66. The van der Waals surface area contributed by atoms with Crippen molar-refractivity contribution in [1.82, 2.24) is 5.32 Å². The van der Waals surface area contributed by atoms with E-state index in [0.29, 0.717) is 0 Å². The SMILES string of the molecule is CC1(c2ccccc2C#N)CCNC1. The van der Waals surface area contributed by atoms with E-state index in [4.69, 9.17) is 5.26 Å². The van der Waals surface area contributed by atoms with E-state index in [-0.39, 0.29) is 5.41 Å². The van der Waals surface area contributed by atoms with Crippen LogP contribution in [-0.4, -0.2) is 13.1 Å². The summed E-state index contributed by atoms with van der Waals surface area (Å²) < 4.78 is 0. The van der Waals surface area contributed by atoms with E-state index in [2.05, 4.69) is 24.4 Å². The average molecular weight is 186 g/mol. The zero-order valence-electron chi connectivity index (χ0n) is 8.38. The Morgan fingerprint density at radius 2 is 2.21 bits per heavy atom. The minimum atomic E-state index is 0.145. The molecule has 2 heteroatoms. The van der Waals surface area contributed by atoms with Crippen molar-refractivity contribution >= 4 is 0 Å². The molecule has 1 unspecified atom stereocenters. The monoisotopic (exact) mass is 186 g/mol. The van der Waals surface area contributed by atoms with Gasteiger partial charge in [-0.3, -0.25) is 0 Å². The molecule has 0 bridgehead atoms. The zero-order valence-corrected chi connectivity index (χ0v) is 8.38. The predicted molar refractivity (Wildman–Crippen MR) is 56.0 cm³/mol. The molecule has 1 saturated heterocycles. The van der Waals surface area contributed by atoms with Gasteiger partial charge in [-0.15, -0.1) is 0 Å². The first-order valence-electron chi connectivity index (χ1n) is 4.97. The molecular weight excluding hydrogens is 172 g/mol. The molecule has 0 aromatic heterocycles. The summed E-state index contributed by atoms with van der Waals surface area (Å²) in [4.78, 5) is 0. The number of benzene rings is 1. The van der Waals surface area contributed by atoms with Crippen LogP contribution in [0.5, 0.6) is 0 Å². The third-order valence-electron chi connectivity index (χ3n) is 3.07. The number of hydrogen-bond acceptors (Lipinski definition) is 2. The molecule has 1 aliphatic rings. The van der Waals surface area contributed by atoms with Crippen LogP contribution in [-0.2, 0) is 5.41 Å². The Balaban J connectivity index is 2.45. The molecule has 0 saturated carbocycles. The van der Waals surface area contributed by atoms with Crippen LogP contribution >= 0.6 is 0 Å². The summed E-state index contributed by atoms with van der Waals surface area (Å²) >= 11 is 0. The number of nitrogens with one attached hydrogen (secondary N) is 1. The largest absolute Gasteiger partial charge is 0.316 e. The fourth-order valence-electron chi connectivity index (χ4n) is 2.15. The van der Waals surface area contributed by atoms with Crippen molar-refractivity contribution in [2.24, 2.45) is 0 Å². The highest BCUT2D eigenvalue weighted by Crippen LogP contribution is 2.31. The maximum Gasteiger partial charge on any atom is 0.0994 e. The van der Waals surface area contributed by atoms with Crippen molar-refractivity contribution in [1.29, 1.82) is 5.26 Å². The molecule has 1 fully saturated rings. The van der Waals surface area contributed by atoms with E-state index >= 15 is 0 Å². The minimum absolute atomic E-state index is 0.145. The van der Waals surface area contributed by atoms with Gasteiger partial charge >= 0.3 is 0 Å². The van der Waals surface area contributed by atoms with Crippen molar-refractivity contribution < 1.29 is 0 Å². The molecule has 14 heavy (non-hydrogen) atoms. The van der Waals surface area contributed by atoms with Gasteiger partial charge in [0.2, 0.25) is 0 Å². The maximum absolute atomic E-state index is 9.02. The van der Waals surface area contributed by atoms with Gasteiger partial charge < -0.3 is 5.32 Å². The minimum Gasteiger partial charge on any atom is -0.316 e. The lowest BCUT2D eigenvalue weighted by molar-refractivity contribution is 0.524. The van der Waals surface area contributed by atoms with Gasteiger partial charge in [0.05, 0.1) is 11.6 Å². The highest BCUT2D eigenvalue weighted by atomic mass is 14.9. The second-order valence-corrected chi connectivity index (χ2v) is 4.14. The molecule has 1 aliphatic heterocycles. The molecule has 2 rings (SSSR count). The third-order valence-corrected chi connectivity index (χ3v) is 3.07. The fraction of sp³-hybridized carbons (Fsp3) is 0.417. The van der Waals surface area contributed by atoms with Crippen LogP contribution in [0.3, 0.4) is 0 Å². The molecule has 2 nitrogen and oxygen atoms in total. The van der Waals surface area contributed by atoms with E-state index in [1.807, 2.05) is 18.2 Å². The van der Waals surface area contributed by atoms with Gasteiger partial charge in [0.15, 0.2) is 0 Å². The fourth-order valence-corrected chi connectivity index (χ4v) is 2.15. The summed E-state index contributed by atoms with van der Waals surface area (Å²) in [6.45, 7) is 4.26. The highest BCUT2D eigenvalue weighted by Gasteiger charge is 2.32. The lowest BCUT2D eigenvalue weighted by Crippen LogP contribution is -2.25. The molecule has 1 aromatic rings. The Kier molecular flexibility index (Phi) is 2.26. The first kappa shape index (κ1) is 9.23. The Bertz CT molecular complexity index is 370. The number of hydrogen-bond donors (Lipinski definition) is 1. The first-order chi connectivity index (χ1) is 6.76. The predicted octanol–water partition coefficient (Wildman–Crippen LogP) is 1.81. The van der Waals surface area contributed by atoms with Crippen molar-refractivity contribution in [3.63, 3.8) is 0 Å². The normalized spacial score (nSPS) is 26.0. The van der Waals surface area contributed by atoms with Crippen molar-refractivity contribution in [2.45, 2.75) is 18.8 Å². The molecule has 1 aromatic carbocycles. The summed E-state index contributed by atoms with van der Waals surface area (Å²) in [5.74, 6) is 0. The Labute approximate surface area is 84.6 Å². The molecule has 72 valence electrons. The van der Waals surface area contributed by atoms with E-state index in [1.165, 1.54) is 5.56 Å². The van der Waals surface area contributed by atoms with E-state index in [9.17, 15) is 0 Å². The van der Waals surface area contributed by atoms with Crippen LogP contribution in [0.2, 0.25) is 0 Å². The third kappa shape index (κ3) is 1.40. The van der Waals surface area contributed by atoms with Crippen LogP contribution < -0.4 is 5.32 Å². The Hall–Kier alpha value is -1.33. The van der Waals surface area contributed by atoms with Crippen LogP contribution in [0.25, 0.3) is 0 Å². The summed E-state index contributed by atoms with van der Waals surface area (Å²) in [5, 5.41) is 12.4. The van der Waals surface area contributed by atoms with Crippen molar-refractivity contribution in [2.75, 3.05) is 13.1 Å². The van der Waals surface area contributed by atoms with E-state index in [0.717, 1.165) is 25.1 Å². The number of nitriles is 1. The topological polar surface area (TPSA) is 35.8 Å². The van der Waals surface area contributed by atoms with Crippen molar-refractivity contribution in [3.8, 4) is 6.07 Å². The lowest BCUT2D eigenvalue weighted by Gasteiger charge is -2.24. The first-order valence-corrected chi connectivity index (χ1v) is 4.97. The van der Waals surface area contributed by atoms with Gasteiger partial charge in [0, 0.05) is 12.0 Å². The molecule has 0 spiro atoms. The maximum atomic E-state index is 9.02. The lowest BCUT2D eigenvalue weighted by atomic mass is 9.79. The molecule has 1 heterocycles. The van der Waals surface area contributed by atoms with Gasteiger partial charge in [-0.2, -0.15) is 5.26 Å². The van der Waals surface area contributed by atoms with Gasteiger partial charge in [0.25, 0.3) is 0 Å². The Morgan fingerprint density at radius 3 is 2.86 bits per heavy atom. The highest BCUT2D eigenvalue weighted by molar-refractivity contribution is 5.42. The quantitative estimate of drug-likeness (QED) is 0.726. The van der Waals surface area contributed by atoms with Crippen LogP contribution in [0, 0.1) is 11.3 Å². The van der Waals surface area contributed by atoms with Gasteiger partial charge in [-0.25, -0.2) is 0 Å². The molecule has 0 aliphatic carbocycles. The van der Waals surface area contributed by atoms with Crippen LogP contribution in [0.15, 0.2) is 24.3 Å². The summed E-state index contributed by atoms with van der Waals surface area (Å²) in [6, 6.07) is 10.2. The summed E-state index contributed by atoms with van der Waals surface area (Å²) in [5.41, 5.74) is 2.15. The van der Waals surface area contributed by atoms with Crippen LogP contribution in [0.1, 0.15) is 24.5 Å². The van der Waals surface area contributed by atoms with E-state index < -0.39 is 0 Å². The Morgan fingerprint density at radius 1 is 1.43 bits per heavy atom. The zero-order chi connectivity index (χ0) is 10.0. The molecule has 0 radical (unpaired) electrons. The second-order valence-electron chi connectivity index (χ2n) is 4.14. The molecule has 0 amide bonds. The summed E-state index contributed by atoms with van der Waals surface area (Å²) in [6.07, 6.45) is 1.12. The van der Waals surface area contributed by atoms with Gasteiger partial charge in [0.1, 0.15) is 0 Å². The van der Waals surface area contributed by atoms with Gasteiger partial charge in [-0.05, 0) is 24.6 Å². The standard InChI is InChI=1S/C12H14N2/c1-12(6-7-14-9-12)11-5-3-2-4-10(11)8-13/h2-5,14H,6-7,9H2,1H3. The smallest absolute Gasteiger partial charge is 0.0994 e. The second kappa shape index (κ2) is 3.43. The summed E-state index contributed by atoms with van der Waals surface area (Å²) in [7, 11) is 0. The molecular formula is C12H14N2. The molecule has 1 atom stereocenters. The molecule has 1 N–H and O–H groups in total. The van der Waals surface area contributed by atoms with Crippen molar-refractivity contribution in [3.05, 3.63) is 35.4 Å². The number of nitrogens with zero attached hydrogens (tertiary/aromatic N) is 1. The van der Waals surface area contributed by atoms with Gasteiger partial charge in [-0.1, -0.05) is 25.1 Å². The van der Waals surface area contributed by atoms with Crippen LogP contribution in [0.4, 0.5) is 0 Å². The van der Waals surface area contributed by atoms with E-state index in [1.54, 1.807) is 0 Å². The number of rotatable bonds is 1.